The lowest BCUT2D eigenvalue weighted by molar-refractivity contribution is 0.102. The number of amides is 1. The molecular formula is C13H11FN2O3. The highest BCUT2D eigenvalue weighted by Crippen LogP contribution is 2.22. The number of aromatic hydroxyl groups is 1. The first-order valence-electron chi connectivity index (χ1n) is 5.39. The molecule has 0 unspecified atom stereocenters. The molecule has 0 spiro atoms. The molecule has 6 heteroatoms. The fourth-order valence-corrected chi connectivity index (χ4v) is 1.49. The summed E-state index contributed by atoms with van der Waals surface area (Å²) in [5.74, 6) is -1.05. The number of hydrogen-bond acceptors (Lipinski definition) is 4. The average Bonchev–Trinajstić information content (AvgIpc) is 2.41. The van der Waals surface area contributed by atoms with E-state index < -0.39 is 11.7 Å². The third kappa shape index (κ3) is 2.98. The van der Waals surface area contributed by atoms with Crippen LogP contribution in [-0.2, 0) is 0 Å². The molecule has 0 saturated heterocycles. The molecule has 1 aromatic carbocycles. The summed E-state index contributed by atoms with van der Waals surface area (Å²) in [7, 11) is 1.34. The van der Waals surface area contributed by atoms with Gasteiger partial charge >= 0.3 is 0 Å². The van der Waals surface area contributed by atoms with E-state index in [4.69, 9.17) is 4.74 Å². The molecule has 98 valence electrons. The largest absolute Gasteiger partial charge is 0.506 e. The predicted octanol–water partition coefficient (Wildman–Crippen LogP) is 2.19. The number of rotatable bonds is 3. The van der Waals surface area contributed by atoms with E-state index in [1.165, 1.54) is 43.8 Å². The van der Waals surface area contributed by atoms with Crippen molar-refractivity contribution in [3.8, 4) is 11.5 Å². The fourth-order valence-electron chi connectivity index (χ4n) is 1.49. The van der Waals surface area contributed by atoms with E-state index in [1.54, 1.807) is 0 Å². The van der Waals surface area contributed by atoms with E-state index in [9.17, 15) is 14.3 Å². The number of halogens is 1. The molecule has 2 aromatic rings. The SMILES string of the molecule is COc1cc(NC(=O)c2cncc(O)c2)ccc1F. The minimum atomic E-state index is -0.514. The normalized spacial score (nSPS) is 10.0. The van der Waals surface area contributed by atoms with Crippen LogP contribution in [0.15, 0.2) is 36.7 Å². The summed E-state index contributed by atoms with van der Waals surface area (Å²) in [6.45, 7) is 0. The zero-order chi connectivity index (χ0) is 13.8. The number of nitrogens with zero attached hydrogens (tertiary/aromatic N) is 1. The van der Waals surface area contributed by atoms with Gasteiger partial charge in [0.15, 0.2) is 11.6 Å². The van der Waals surface area contributed by atoms with Crippen molar-refractivity contribution in [1.29, 1.82) is 0 Å². The molecule has 1 amide bonds. The van der Waals surface area contributed by atoms with E-state index in [-0.39, 0.29) is 17.1 Å². The molecule has 2 rings (SSSR count). The number of ether oxygens (including phenoxy) is 1. The summed E-state index contributed by atoms with van der Waals surface area (Å²) >= 11 is 0. The molecule has 0 bridgehead atoms. The van der Waals surface area contributed by atoms with E-state index >= 15 is 0 Å². The van der Waals surface area contributed by atoms with E-state index in [0.717, 1.165) is 0 Å². The van der Waals surface area contributed by atoms with Crippen molar-refractivity contribution >= 4 is 11.6 Å². The molecule has 1 aromatic heterocycles. The topological polar surface area (TPSA) is 71.5 Å². The van der Waals surface area contributed by atoms with Crippen LogP contribution in [0.1, 0.15) is 10.4 Å². The summed E-state index contributed by atoms with van der Waals surface area (Å²) in [6, 6.07) is 5.24. The first kappa shape index (κ1) is 12.8. The van der Waals surface area contributed by atoms with Crippen molar-refractivity contribution < 1.29 is 19.0 Å². The summed E-state index contributed by atoms with van der Waals surface area (Å²) in [4.78, 5) is 15.6. The Morgan fingerprint density at radius 2 is 2.16 bits per heavy atom. The van der Waals surface area contributed by atoms with Crippen molar-refractivity contribution in [2.75, 3.05) is 12.4 Å². The van der Waals surface area contributed by atoms with Crippen LogP contribution >= 0.6 is 0 Å². The van der Waals surface area contributed by atoms with Gasteiger partial charge in [-0.3, -0.25) is 9.78 Å². The number of carbonyl (C=O) groups is 1. The van der Waals surface area contributed by atoms with Crippen LogP contribution < -0.4 is 10.1 Å². The third-order valence-corrected chi connectivity index (χ3v) is 2.39. The van der Waals surface area contributed by atoms with Crippen LogP contribution in [0.3, 0.4) is 0 Å². The molecule has 0 radical (unpaired) electrons. The van der Waals surface area contributed by atoms with Gasteiger partial charge in [0.2, 0.25) is 0 Å². The second-order valence-corrected chi connectivity index (χ2v) is 3.74. The first-order valence-corrected chi connectivity index (χ1v) is 5.39. The molecule has 0 atom stereocenters. The second-order valence-electron chi connectivity index (χ2n) is 3.74. The second kappa shape index (κ2) is 5.34. The lowest BCUT2D eigenvalue weighted by atomic mass is 10.2. The van der Waals surface area contributed by atoms with Crippen molar-refractivity contribution in [3.05, 3.63) is 48.0 Å². The number of pyridine rings is 1. The molecule has 0 aliphatic carbocycles. The van der Waals surface area contributed by atoms with Gasteiger partial charge in [-0.15, -0.1) is 0 Å². The Bertz CT molecular complexity index is 617. The van der Waals surface area contributed by atoms with Crippen LogP contribution in [0.2, 0.25) is 0 Å². The molecule has 0 fully saturated rings. The number of benzene rings is 1. The van der Waals surface area contributed by atoms with Crippen LogP contribution in [0.4, 0.5) is 10.1 Å². The summed E-state index contributed by atoms with van der Waals surface area (Å²) < 4.78 is 18.0. The molecule has 0 saturated carbocycles. The Hall–Kier alpha value is -2.63. The standard InChI is InChI=1S/C13H11FN2O3/c1-19-12-5-9(2-3-11(12)14)16-13(18)8-4-10(17)7-15-6-8/h2-7,17H,1H3,(H,16,18). The van der Waals surface area contributed by atoms with Gasteiger partial charge in [0.25, 0.3) is 5.91 Å². The van der Waals surface area contributed by atoms with Gasteiger partial charge in [0.05, 0.1) is 18.9 Å². The zero-order valence-electron chi connectivity index (χ0n) is 10.1. The molecule has 1 heterocycles. The predicted molar refractivity (Wildman–Crippen MR) is 66.8 cm³/mol. The van der Waals surface area contributed by atoms with Crippen LogP contribution in [0.5, 0.6) is 11.5 Å². The number of carbonyl (C=O) groups excluding carboxylic acids is 1. The van der Waals surface area contributed by atoms with E-state index in [2.05, 4.69) is 10.3 Å². The monoisotopic (exact) mass is 262 g/mol. The maximum atomic E-state index is 13.2. The minimum Gasteiger partial charge on any atom is -0.506 e. The van der Waals surface area contributed by atoms with Crippen molar-refractivity contribution in [3.63, 3.8) is 0 Å². The van der Waals surface area contributed by atoms with Gasteiger partial charge in [-0.05, 0) is 18.2 Å². The van der Waals surface area contributed by atoms with Crippen molar-refractivity contribution in [2.45, 2.75) is 0 Å². The van der Waals surface area contributed by atoms with E-state index in [1.807, 2.05) is 0 Å². The number of aromatic nitrogens is 1. The van der Waals surface area contributed by atoms with Gasteiger partial charge in [-0.2, -0.15) is 0 Å². The number of anilines is 1. The van der Waals surface area contributed by atoms with Gasteiger partial charge < -0.3 is 15.2 Å². The first-order chi connectivity index (χ1) is 9.10. The average molecular weight is 262 g/mol. The fraction of sp³-hybridized carbons (Fsp3) is 0.0769. The highest BCUT2D eigenvalue weighted by atomic mass is 19.1. The molecule has 2 N–H and O–H groups in total. The molecule has 0 aliphatic heterocycles. The summed E-state index contributed by atoms with van der Waals surface area (Å²) in [5, 5.41) is 11.8. The summed E-state index contributed by atoms with van der Waals surface area (Å²) in [5.41, 5.74) is 0.579. The lowest BCUT2D eigenvalue weighted by Gasteiger charge is -2.07. The Morgan fingerprint density at radius 3 is 2.84 bits per heavy atom. The zero-order valence-corrected chi connectivity index (χ0v) is 10.1. The van der Waals surface area contributed by atoms with Crippen LogP contribution in [0, 0.1) is 5.82 Å². The number of hydrogen-bond donors (Lipinski definition) is 2. The van der Waals surface area contributed by atoms with Crippen molar-refractivity contribution in [2.24, 2.45) is 0 Å². The third-order valence-electron chi connectivity index (χ3n) is 2.39. The Morgan fingerprint density at radius 1 is 1.37 bits per heavy atom. The van der Waals surface area contributed by atoms with Gasteiger partial charge in [-0.1, -0.05) is 0 Å². The Labute approximate surface area is 108 Å². The Balaban J connectivity index is 2.19. The molecular weight excluding hydrogens is 251 g/mol. The summed E-state index contributed by atoms with van der Waals surface area (Å²) in [6.07, 6.45) is 2.54. The maximum absolute atomic E-state index is 13.2. The highest BCUT2D eigenvalue weighted by Gasteiger charge is 2.09. The lowest BCUT2D eigenvalue weighted by Crippen LogP contribution is -2.12. The highest BCUT2D eigenvalue weighted by molar-refractivity contribution is 6.04. The quantitative estimate of drug-likeness (QED) is 0.889. The smallest absolute Gasteiger partial charge is 0.257 e. The van der Waals surface area contributed by atoms with Gasteiger partial charge in [0.1, 0.15) is 5.75 Å². The molecule has 0 aliphatic rings. The number of methoxy groups -OCH3 is 1. The molecule has 19 heavy (non-hydrogen) atoms. The van der Waals surface area contributed by atoms with Crippen LogP contribution in [0.25, 0.3) is 0 Å². The van der Waals surface area contributed by atoms with Crippen molar-refractivity contribution in [1.82, 2.24) is 4.98 Å². The van der Waals surface area contributed by atoms with Gasteiger partial charge in [0, 0.05) is 18.0 Å². The minimum absolute atomic E-state index is 0.0341. The Kier molecular flexibility index (Phi) is 3.61. The number of nitrogens with one attached hydrogen (secondary N) is 1. The van der Waals surface area contributed by atoms with Gasteiger partial charge in [-0.25, -0.2) is 4.39 Å². The van der Waals surface area contributed by atoms with Crippen LogP contribution in [-0.4, -0.2) is 23.1 Å². The maximum Gasteiger partial charge on any atom is 0.257 e. The molecule has 5 nitrogen and oxygen atoms in total. The van der Waals surface area contributed by atoms with E-state index in [0.29, 0.717) is 5.69 Å².